The summed E-state index contributed by atoms with van der Waals surface area (Å²) < 4.78 is 18.7. The molecule has 0 N–H and O–H groups in total. The first-order valence-corrected chi connectivity index (χ1v) is 6.80. The third-order valence-electron chi connectivity index (χ3n) is 2.17. The normalized spacial score (nSPS) is 10.3. The molecule has 0 unspecified atom stereocenters. The van der Waals surface area contributed by atoms with Gasteiger partial charge in [-0.1, -0.05) is 23.4 Å². The lowest BCUT2D eigenvalue weighted by Crippen LogP contribution is -1.95. The van der Waals surface area contributed by atoms with Gasteiger partial charge in [-0.15, -0.1) is 0 Å². The van der Waals surface area contributed by atoms with Crippen LogP contribution in [0.15, 0.2) is 29.4 Å². The molecule has 0 spiro atoms. The molecule has 0 saturated carbocycles. The van der Waals surface area contributed by atoms with E-state index in [9.17, 15) is 14.5 Å². The van der Waals surface area contributed by atoms with Gasteiger partial charge in [-0.25, -0.2) is 4.98 Å². The maximum Gasteiger partial charge on any atom is 0.305 e. The lowest BCUT2D eigenvalue weighted by atomic mass is 10.3. The van der Waals surface area contributed by atoms with Crippen LogP contribution in [0, 0.1) is 15.9 Å². The number of nitrogens with zero attached hydrogens (tertiary/aromatic N) is 3. The quantitative estimate of drug-likeness (QED) is 0.281. The van der Waals surface area contributed by atoms with Crippen molar-refractivity contribution in [2.45, 2.75) is 5.16 Å². The third-order valence-corrected chi connectivity index (χ3v) is 2.91. The average molecular weight is 316 g/mol. The molecule has 6 nitrogen and oxygen atoms in total. The van der Waals surface area contributed by atoms with Crippen LogP contribution in [0.1, 0.15) is 0 Å². The van der Waals surface area contributed by atoms with Crippen molar-refractivity contribution in [3.05, 3.63) is 45.4 Å². The van der Waals surface area contributed by atoms with E-state index >= 15 is 0 Å². The van der Waals surface area contributed by atoms with Gasteiger partial charge in [-0.2, -0.15) is 9.37 Å². The molecule has 1 heterocycles. The zero-order valence-electron chi connectivity index (χ0n) is 10.0. The molecule has 0 bridgehead atoms. The molecule has 2 rings (SSSR count). The van der Waals surface area contributed by atoms with E-state index in [0.29, 0.717) is 5.16 Å². The Morgan fingerprint density at radius 3 is 2.75 bits per heavy atom. The maximum atomic E-state index is 13.4. The predicted octanol–water partition coefficient (Wildman–Crippen LogP) is 3.69. The monoisotopic (exact) mass is 315 g/mol. The predicted molar refractivity (Wildman–Crippen MR) is 72.0 cm³/mol. The van der Waals surface area contributed by atoms with Crippen molar-refractivity contribution >= 4 is 29.1 Å². The summed E-state index contributed by atoms with van der Waals surface area (Å²) in [5, 5.41) is 11.1. The highest BCUT2D eigenvalue weighted by Gasteiger charge is 2.15. The summed E-state index contributed by atoms with van der Waals surface area (Å²) in [7, 11) is 0. The number of nitro groups is 1. The minimum atomic E-state index is -0.988. The lowest BCUT2D eigenvalue weighted by molar-refractivity contribution is -0.387. The number of ether oxygens (including phenoxy) is 1. The first-order valence-electron chi connectivity index (χ1n) is 5.20. The van der Waals surface area contributed by atoms with Gasteiger partial charge in [0.1, 0.15) is 10.9 Å². The van der Waals surface area contributed by atoms with Gasteiger partial charge in [-0.05, 0) is 12.3 Å². The molecule has 0 aliphatic carbocycles. The Morgan fingerprint density at radius 2 is 2.15 bits per heavy atom. The molecular weight excluding hydrogens is 309 g/mol. The van der Waals surface area contributed by atoms with Crippen LogP contribution >= 0.6 is 23.4 Å². The fraction of sp³-hybridized carbons (Fsp3) is 0.0909. The molecule has 9 heteroatoms. The maximum absolute atomic E-state index is 13.4. The lowest BCUT2D eigenvalue weighted by Gasteiger charge is -2.06. The topological polar surface area (TPSA) is 78.2 Å². The molecule has 0 aliphatic heterocycles. The van der Waals surface area contributed by atoms with E-state index in [1.165, 1.54) is 23.9 Å². The van der Waals surface area contributed by atoms with Crippen LogP contribution in [0.25, 0.3) is 0 Å². The summed E-state index contributed by atoms with van der Waals surface area (Å²) in [5.74, 6) is -0.782. The van der Waals surface area contributed by atoms with Gasteiger partial charge in [-0.3, -0.25) is 10.1 Å². The zero-order chi connectivity index (χ0) is 14.7. The van der Waals surface area contributed by atoms with Gasteiger partial charge in [0.15, 0.2) is 5.16 Å². The van der Waals surface area contributed by atoms with Gasteiger partial charge in [0.25, 0.3) is 0 Å². The Morgan fingerprint density at radius 1 is 1.40 bits per heavy atom. The van der Waals surface area contributed by atoms with Gasteiger partial charge < -0.3 is 4.74 Å². The molecule has 20 heavy (non-hydrogen) atoms. The molecule has 0 aliphatic rings. The van der Waals surface area contributed by atoms with Crippen molar-refractivity contribution in [2.75, 3.05) is 6.26 Å². The smallest absolute Gasteiger partial charge is 0.305 e. The van der Waals surface area contributed by atoms with Gasteiger partial charge in [0, 0.05) is 18.2 Å². The van der Waals surface area contributed by atoms with E-state index in [4.69, 9.17) is 16.3 Å². The molecule has 0 radical (unpaired) electrons. The molecule has 0 saturated heterocycles. The largest absolute Gasteiger partial charge is 0.439 e. The van der Waals surface area contributed by atoms with Crippen LogP contribution in [0.3, 0.4) is 0 Å². The number of halogens is 2. The number of benzene rings is 1. The summed E-state index contributed by atoms with van der Waals surface area (Å²) in [6, 6.07) is 4.56. The summed E-state index contributed by atoms with van der Waals surface area (Å²) in [6.45, 7) is 0. The van der Waals surface area contributed by atoms with Crippen molar-refractivity contribution in [1.29, 1.82) is 0 Å². The second kappa shape index (κ2) is 6.02. The van der Waals surface area contributed by atoms with Gasteiger partial charge in [0.2, 0.25) is 11.7 Å². The highest BCUT2D eigenvalue weighted by molar-refractivity contribution is 7.98. The van der Waals surface area contributed by atoms with E-state index in [-0.39, 0.29) is 16.8 Å². The Bertz CT molecular complexity index is 671. The standard InChI is InChI=1S/C11H7ClFN3O3S/c1-20-11-14-9(12)5-10(15-11)19-6-2-3-8(16(17)18)7(13)4-6/h2-5H,1H3. The van der Waals surface area contributed by atoms with E-state index < -0.39 is 16.4 Å². The molecular formula is C11H7ClFN3O3S. The molecule has 1 aromatic heterocycles. The fourth-order valence-corrected chi connectivity index (χ4v) is 1.93. The second-order valence-electron chi connectivity index (χ2n) is 3.49. The Hall–Kier alpha value is -1.93. The average Bonchev–Trinajstić information content (AvgIpc) is 2.37. The van der Waals surface area contributed by atoms with Crippen LogP contribution in [-0.4, -0.2) is 21.1 Å². The fourth-order valence-electron chi connectivity index (χ4n) is 1.34. The zero-order valence-corrected chi connectivity index (χ0v) is 11.6. The number of aromatic nitrogens is 2. The first-order chi connectivity index (χ1) is 9.49. The Kier molecular flexibility index (Phi) is 4.35. The van der Waals surface area contributed by atoms with E-state index in [0.717, 1.165) is 12.1 Å². The Balaban J connectivity index is 2.28. The highest BCUT2D eigenvalue weighted by atomic mass is 35.5. The molecule has 0 amide bonds. The van der Waals surface area contributed by atoms with Crippen molar-refractivity contribution in [3.8, 4) is 11.6 Å². The number of hydrogen-bond acceptors (Lipinski definition) is 6. The highest BCUT2D eigenvalue weighted by Crippen LogP contribution is 2.27. The van der Waals surface area contributed by atoms with Crippen LogP contribution in [0.2, 0.25) is 5.15 Å². The number of rotatable bonds is 4. The summed E-state index contributed by atoms with van der Waals surface area (Å²) in [6.07, 6.45) is 1.76. The van der Waals surface area contributed by atoms with E-state index in [2.05, 4.69) is 9.97 Å². The number of thioether (sulfide) groups is 1. The summed E-state index contributed by atoms with van der Waals surface area (Å²) >= 11 is 7.05. The minimum absolute atomic E-state index is 0.0786. The molecule has 0 atom stereocenters. The molecule has 104 valence electrons. The van der Waals surface area contributed by atoms with Crippen molar-refractivity contribution < 1.29 is 14.1 Å². The second-order valence-corrected chi connectivity index (χ2v) is 4.65. The van der Waals surface area contributed by atoms with Crippen molar-refractivity contribution in [3.63, 3.8) is 0 Å². The molecule has 0 fully saturated rings. The van der Waals surface area contributed by atoms with Gasteiger partial charge >= 0.3 is 5.69 Å². The third kappa shape index (κ3) is 3.34. The van der Waals surface area contributed by atoms with Crippen LogP contribution in [0.5, 0.6) is 11.6 Å². The Labute approximate surface area is 122 Å². The van der Waals surface area contributed by atoms with Gasteiger partial charge in [0.05, 0.1) is 4.92 Å². The molecule has 2 aromatic rings. The summed E-state index contributed by atoms with van der Waals surface area (Å²) in [4.78, 5) is 17.6. The number of nitro benzene ring substituents is 1. The SMILES string of the molecule is CSc1nc(Cl)cc(Oc2ccc([N+](=O)[O-])c(F)c2)n1. The van der Waals surface area contributed by atoms with Crippen LogP contribution < -0.4 is 4.74 Å². The number of hydrogen-bond donors (Lipinski definition) is 0. The van der Waals surface area contributed by atoms with E-state index in [1.807, 2.05) is 0 Å². The van der Waals surface area contributed by atoms with Crippen molar-refractivity contribution in [1.82, 2.24) is 9.97 Å². The first kappa shape index (κ1) is 14.5. The summed E-state index contributed by atoms with van der Waals surface area (Å²) in [5.41, 5.74) is -0.622. The molecule has 1 aromatic carbocycles. The van der Waals surface area contributed by atoms with Crippen LogP contribution in [0.4, 0.5) is 10.1 Å². The minimum Gasteiger partial charge on any atom is -0.439 e. The van der Waals surface area contributed by atoms with E-state index in [1.54, 1.807) is 6.26 Å². The van der Waals surface area contributed by atoms with Crippen LogP contribution in [-0.2, 0) is 0 Å². The van der Waals surface area contributed by atoms with Crippen molar-refractivity contribution in [2.24, 2.45) is 0 Å².